The van der Waals surface area contributed by atoms with Crippen LogP contribution in [-0.4, -0.2) is 21.8 Å². The fraction of sp³-hybridized carbons (Fsp3) is 0.300. The molecular formula is C20H19F3N2OS. The average Bonchev–Trinajstić information content (AvgIpc) is 2.62. The van der Waals surface area contributed by atoms with E-state index in [2.05, 4.69) is 9.97 Å². The van der Waals surface area contributed by atoms with Gasteiger partial charge in [-0.15, -0.1) is 11.8 Å². The van der Waals surface area contributed by atoms with Crippen molar-refractivity contribution in [1.82, 2.24) is 9.97 Å². The number of thioether (sulfide) groups is 1. The number of rotatable bonds is 6. The molecule has 1 aromatic carbocycles. The van der Waals surface area contributed by atoms with E-state index in [1.165, 1.54) is 6.07 Å². The minimum atomic E-state index is -4.36. The molecule has 0 aliphatic rings. The minimum absolute atomic E-state index is 0.00643. The molecule has 3 aromatic rings. The van der Waals surface area contributed by atoms with Gasteiger partial charge in [-0.3, -0.25) is 9.97 Å². The molecule has 0 saturated heterocycles. The molecule has 3 nitrogen and oxygen atoms in total. The number of hydrogen-bond donors (Lipinski definition) is 0. The third kappa shape index (κ3) is 5.13. The molecule has 0 amide bonds. The maximum absolute atomic E-state index is 12.9. The fourth-order valence-electron chi connectivity index (χ4n) is 2.57. The Kier molecular flexibility index (Phi) is 5.89. The third-order valence-electron chi connectivity index (χ3n) is 4.03. The van der Waals surface area contributed by atoms with Gasteiger partial charge in [0, 0.05) is 27.9 Å². The maximum Gasteiger partial charge on any atom is 0.416 e. The highest BCUT2D eigenvalue weighted by molar-refractivity contribution is 7.99. The van der Waals surface area contributed by atoms with Gasteiger partial charge < -0.3 is 4.74 Å². The van der Waals surface area contributed by atoms with E-state index in [-0.39, 0.29) is 6.10 Å². The first-order valence-electron chi connectivity index (χ1n) is 8.51. The van der Waals surface area contributed by atoms with Crippen LogP contribution in [0.5, 0.6) is 5.75 Å². The van der Waals surface area contributed by atoms with Crippen molar-refractivity contribution in [2.75, 3.05) is 5.75 Å². The number of aryl methyl sites for hydroxylation is 1. The Bertz CT molecular complexity index is 913. The van der Waals surface area contributed by atoms with Crippen molar-refractivity contribution < 1.29 is 17.9 Å². The molecule has 27 heavy (non-hydrogen) atoms. The van der Waals surface area contributed by atoms with Crippen molar-refractivity contribution in [1.29, 1.82) is 0 Å². The molecule has 0 aliphatic carbocycles. The Labute approximate surface area is 160 Å². The second-order valence-corrected chi connectivity index (χ2v) is 7.38. The van der Waals surface area contributed by atoms with Gasteiger partial charge in [0.05, 0.1) is 23.4 Å². The predicted molar refractivity (Wildman–Crippen MR) is 101 cm³/mol. The Morgan fingerprint density at radius 3 is 2.63 bits per heavy atom. The molecule has 142 valence electrons. The second-order valence-electron chi connectivity index (χ2n) is 6.24. The predicted octanol–water partition coefficient (Wildman–Crippen LogP) is 5.91. The van der Waals surface area contributed by atoms with Crippen LogP contribution >= 0.6 is 11.8 Å². The molecule has 2 heterocycles. The standard InChI is InChI=1S/C20H19F3N2OS/c1-13-3-5-16(12-25-13)26-14(2)8-10-27-19-7-9-24-18-11-15(20(21,22)23)4-6-17(18)19/h3-7,9,11-12,14H,8,10H2,1-2H3. The van der Waals surface area contributed by atoms with Gasteiger partial charge in [0.15, 0.2) is 0 Å². The Hall–Kier alpha value is -2.28. The Morgan fingerprint density at radius 2 is 1.93 bits per heavy atom. The van der Waals surface area contributed by atoms with E-state index in [4.69, 9.17) is 4.74 Å². The summed E-state index contributed by atoms with van der Waals surface area (Å²) in [4.78, 5) is 9.19. The number of alkyl halides is 3. The summed E-state index contributed by atoms with van der Waals surface area (Å²) < 4.78 is 44.4. The van der Waals surface area contributed by atoms with Crippen molar-refractivity contribution in [3.05, 3.63) is 60.0 Å². The summed E-state index contributed by atoms with van der Waals surface area (Å²) in [5.41, 5.74) is 0.604. The lowest BCUT2D eigenvalue weighted by molar-refractivity contribution is -0.137. The van der Waals surface area contributed by atoms with E-state index in [1.807, 2.05) is 32.0 Å². The zero-order valence-corrected chi connectivity index (χ0v) is 15.8. The summed E-state index contributed by atoms with van der Waals surface area (Å²) in [6, 6.07) is 9.30. The molecule has 0 spiro atoms. The topological polar surface area (TPSA) is 35.0 Å². The molecular weight excluding hydrogens is 373 g/mol. The lowest BCUT2D eigenvalue weighted by Gasteiger charge is -2.15. The number of fused-ring (bicyclic) bond motifs is 1. The van der Waals surface area contributed by atoms with E-state index in [9.17, 15) is 13.2 Å². The summed E-state index contributed by atoms with van der Waals surface area (Å²) >= 11 is 1.59. The normalized spacial score (nSPS) is 12.9. The van der Waals surface area contributed by atoms with Crippen LogP contribution in [0.2, 0.25) is 0 Å². The van der Waals surface area contributed by atoms with E-state index in [0.29, 0.717) is 5.52 Å². The Morgan fingerprint density at radius 1 is 1.11 bits per heavy atom. The molecule has 0 aliphatic heterocycles. The molecule has 0 N–H and O–H groups in total. The van der Waals surface area contributed by atoms with Crippen LogP contribution in [0, 0.1) is 6.92 Å². The summed E-state index contributed by atoms with van der Waals surface area (Å²) in [5, 5.41) is 0.729. The summed E-state index contributed by atoms with van der Waals surface area (Å²) in [5.74, 6) is 1.51. The van der Waals surface area contributed by atoms with Crippen molar-refractivity contribution in [3.8, 4) is 5.75 Å². The van der Waals surface area contributed by atoms with Crippen LogP contribution in [0.15, 0.2) is 53.7 Å². The van der Waals surface area contributed by atoms with Gasteiger partial charge in [0.1, 0.15) is 5.75 Å². The SMILES string of the molecule is Cc1ccc(OC(C)CCSc2ccnc3cc(C(F)(F)F)ccc23)cn1. The molecule has 3 rings (SSSR count). The molecule has 1 atom stereocenters. The number of benzene rings is 1. The maximum atomic E-state index is 12.9. The van der Waals surface area contributed by atoms with Gasteiger partial charge in [-0.05, 0) is 50.6 Å². The molecule has 0 saturated carbocycles. The van der Waals surface area contributed by atoms with Crippen molar-refractivity contribution in [2.45, 2.75) is 37.4 Å². The number of halogens is 3. The van der Waals surface area contributed by atoms with Gasteiger partial charge in [-0.2, -0.15) is 13.2 Å². The van der Waals surface area contributed by atoms with Crippen molar-refractivity contribution in [3.63, 3.8) is 0 Å². The lowest BCUT2D eigenvalue weighted by Crippen LogP contribution is -2.12. The van der Waals surface area contributed by atoms with Crippen LogP contribution < -0.4 is 4.74 Å². The van der Waals surface area contributed by atoms with Crippen molar-refractivity contribution in [2.24, 2.45) is 0 Å². The number of aromatic nitrogens is 2. The van der Waals surface area contributed by atoms with E-state index in [1.54, 1.807) is 24.2 Å². The first-order chi connectivity index (χ1) is 12.8. The lowest BCUT2D eigenvalue weighted by atomic mass is 10.1. The fourth-order valence-corrected chi connectivity index (χ4v) is 3.73. The minimum Gasteiger partial charge on any atom is -0.489 e. The quantitative estimate of drug-likeness (QED) is 0.489. The highest BCUT2D eigenvalue weighted by Crippen LogP contribution is 2.34. The largest absolute Gasteiger partial charge is 0.489 e. The molecule has 1 unspecified atom stereocenters. The summed E-state index contributed by atoms with van der Waals surface area (Å²) in [6.45, 7) is 3.90. The first kappa shape index (κ1) is 19.5. The Balaban J connectivity index is 1.62. The van der Waals surface area contributed by atoms with Gasteiger partial charge in [-0.25, -0.2) is 0 Å². The zero-order chi connectivity index (χ0) is 19.4. The zero-order valence-electron chi connectivity index (χ0n) is 15.0. The highest BCUT2D eigenvalue weighted by atomic mass is 32.2. The van der Waals surface area contributed by atoms with Crippen LogP contribution in [-0.2, 0) is 6.18 Å². The van der Waals surface area contributed by atoms with Crippen LogP contribution in [0.4, 0.5) is 13.2 Å². The smallest absolute Gasteiger partial charge is 0.416 e. The monoisotopic (exact) mass is 392 g/mol. The summed E-state index contributed by atoms with van der Waals surface area (Å²) in [6.07, 6.45) is -0.317. The second kappa shape index (κ2) is 8.17. The molecule has 0 fully saturated rings. The van der Waals surface area contributed by atoms with Crippen LogP contribution in [0.1, 0.15) is 24.6 Å². The van der Waals surface area contributed by atoms with Gasteiger partial charge in [0.25, 0.3) is 0 Å². The van der Waals surface area contributed by atoms with E-state index in [0.717, 1.165) is 46.0 Å². The number of pyridine rings is 2. The van der Waals surface area contributed by atoms with E-state index >= 15 is 0 Å². The summed E-state index contributed by atoms with van der Waals surface area (Å²) in [7, 11) is 0. The van der Waals surface area contributed by atoms with Crippen molar-refractivity contribution >= 4 is 22.7 Å². The molecule has 0 radical (unpaired) electrons. The first-order valence-corrected chi connectivity index (χ1v) is 9.49. The van der Waals surface area contributed by atoms with Gasteiger partial charge in [0.2, 0.25) is 0 Å². The number of ether oxygens (including phenoxy) is 1. The van der Waals surface area contributed by atoms with Crippen LogP contribution in [0.25, 0.3) is 10.9 Å². The highest BCUT2D eigenvalue weighted by Gasteiger charge is 2.30. The van der Waals surface area contributed by atoms with Gasteiger partial charge in [-0.1, -0.05) is 6.07 Å². The third-order valence-corrected chi connectivity index (χ3v) is 5.14. The molecule has 0 bridgehead atoms. The molecule has 7 heteroatoms. The molecule has 2 aromatic heterocycles. The van der Waals surface area contributed by atoms with Crippen LogP contribution in [0.3, 0.4) is 0 Å². The average molecular weight is 392 g/mol. The van der Waals surface area contributed by atoms with Gasteiger partial charge >= 0.3 is 6.18 Å². The number of nitrogens with zero attached hydrogens (tertiary/aromatic N) is 2. The van der Waals surface area contributed by atoms with E-state index < -0.39 is 11.7 Å². The number of hydrogen-bond acceptors (Lipinski definition) is 4.